The van der Waals surface area contributed by atoms with E-state index < -0.39 is 11.8 Å². The molecule has 1 aliphatic rings. The molecule has 1 aliphatic heterocycles. The zero-order valence-corrected chi connectivity index (χ0v) is 13.8. The number of carbonyl (C=O) groups excluding carboxylic acids is 1. The van der Waals surface area contributed by atoms with Gasteiger partial charge in [-0.1, -0.05) is 53.7 Å². The van der Waals surface area contributed by atoms with Crippen LogP contribution in [0.1, 0.15) is 12.5 Å². The van der Waals surface area contributed by atoms with Crippen LogP contribution in [0.3, 0.4) is 0 Å². The van der Waals surface area contributed by atoms with Gasteiger partial charge in [0.25, 0.3) is 0 Å². The number of esters is 1. The van der Waals surface area contributed by atoms with Gasteiger partial charge in [0.2, 0.25) is 0 Å². The molecule has 1 N–H and O–H groups in total. The van der Waals surface area contributed by atoms with Crippen LogP contribution in [0.4, 0.5) is 10.1 Å². The standard InChI is InChI=1S/C17H13ClFNO2S/c1-2-22-17(21)16-14(10-6-4-3-5-7-10)20-15-12(18)8-11(19)9-13(15)23-16/h3-9,20H,2H2,1H3. The number of thioether (sulfide) groups is 1. The lowest BCUT2D eigenvalue weighted by molar-refractivity contribution is -0.137. The van der Waals surface area contributed by atoms with Gasteiger partial charge in [-0.3, -0.25) is 0 Å². The highest BCUT2D eigenvalue weighted by Gasteiger charge is 2.27. The Kier molecular flexibility index (Phi) is 4.59. The normalized spacial score (nSPS) is 13.3. The molecule has 23 heavy (non-hydrogen) atoms. The Morgan fingerprint density at radius 3 is 2.74 bits per heavy atom. The smallest absolute Gasteiger partial charge is 0.347 e. The third-order valence-corrected chi connectivity index (χ3v) is 4.65. The van der Waals surface area contributed by atoms with E-state index in [1.165, 1.54) is 12.1 Å². The van der Waals surface area contributed by atoms with Gasteiger partial charge in [0.1, 0.15) is 10.7 Å². The molecule has 0 aromatic heterocycles. The molecule has 0 aliphatic carbocycles. The first kappa shape index (κ1) is 15.9. The average Bonchev–Trinajstić information content (AvgIpc) is 2.54. The fraction of sp³-hybridized carbons (Fsp3) is 0.118. The molecule has 3 nitrogen and oxygen atoms in total. The molecule has 0 unspecified atom stereocenters. The summed E-state index contributed by atoms with van der Waals surface area (Å²) >= 11 is 7.29. The second-order valence-corrected chi connectivity index (χ2v) is 6.24. The summed E-state index contributed by atoms with van der Waals surface area (Å²) in [4.78, 5) is 13.2. The number of rotatable bonds is 3. The number of benzene rings is 2. The predicted octanol–water partition coefficient (Wildman–Crippen LogP) is 4.93. The van der Waals surface area contributed by atoms with Crippen LogP contribution in [-0.2, 0) is 9.53 Å². The van der Waals surface area contributed by atoms with E-state index in [-0.39, 0.29) is 11.6 Å². The van der Waals surface area contributed by atoms with Crippen molar-refractivity contribution in [3.63, 3.8) is 0 Å². The van der Waals surface area contributed by atoms with Gasteiger partial charge in [-0.15, -0.1) is 0 Å². The van der Waals surface area contributed by atoms with Crippen molar-refractivity contribution in [2.24, 2.45) is 0 Å². The maximum Gasteiger partial charge on any atom is 0.347 e. The Bertz CT molecular complexity index is 793. The van der Waals surface area contributed by atoms with Crippen molar-refractivity contribution in [3.8, 4) is 0 Å². The summed E-state index contributed by atoms with van der Waals surface area (Å²) in [6.45, 7) is 2.01. The molecule has 2 aromatic rings. The summed E-state index contributed by atoms with van der Waals surface area (Å²) in [6, 6.07) is 12.0. The van der Waals surface area contributed by atoms with Crippen LogP contribution < -0.4 is 5.32 Å². The minimum absolute atomic E-state index is 0.266. The number of anilines is 1. The van der Waals surface area contributed by atoms with E-state index in [1.807, 2.05) is 30.3 Å². The maximum absolute atomic E-state index is 13.6. The molecule has 0 amide bonds. The molecular formula is C17H13ClFNO2S. The van der Waals surface area contributed by atoms with E-state index in [1.54, 1.807) is 6.92 Å². The Morgan fingerprint density at radius 1 is 1.30 bits per heavy atom. The Hall–Kier alpha value is -1.98. The van der Waals surface area contributed by atoms with Crippen molar-refractivity contribution in [2.75, 3.05) is 11.9 Å². The number of fused-ring (bicyclic) bond motifs is 1. The lowest BCUT2D eigenvalue weighted by Crippen LogP contribution is -2.15. The summed E-state index contributed by atoms with van der Waals surface area (Å²) in [5.41, 5.74) is 2.02. The number of ether oxygens (including phenoxy) is 1. The van der Waals surface area contributed by atoms with Crippen molar-refractivity contribution in [1.29, 1.82) is 0 Å². The van der Waals surface area contributed by atoms with Crippen LogP contribution in [0.2, 0.25) is 5.02 Å². The second-order valence-electron chi connectivity index (χ2n) is 4.78. The third kappa shape index (κ3) is 3.21. The van der Waals surface area contributed by atoms with Gasteiger partial charge in [0.05, 0.1) is 23.0 Å². The third-order valence-electron chi connectivity index (χ3n) is 3.23. The number of carbonyl (C=O) groups is 1. The number of halogens is 2. The van der Waals surface area contributed by atoms with Gasteiger partial charge in [-0.05, 0) is 24.6 Å². The molecular weight excluding hydrogens is 337 g/mol. The largest absolute Gasteiger partial charge is 0.462 e. The van der Waals surface area contributed by atoms with Gasteiger partial charge in [-0.25, -0.2) is 9.18 Å². The first-order valence-electron chi connectivity index (χ1n) is 7.01. The SMILES string of the molecule is CCOC(=O)C1=C(c2ccccc2)Nc2c(Cl)cc(F)cc2S1. The predicted molar refractivity (Wildman–Crippen MR) is 90.9 cm³/mol. The lowest BCUT2D eigenvalue weighted by atomic mass is 10.1. The molecule has 3 rings (SSSR count). The highest BCUT2D eigenvalue weighted by atomic mass is 35.5. The first-order valence-corrected chi connectivity index (χ1v) is 8.20. The minimum atomic E-state index is -0.450. The lowest BCUT2D eigenvalue weighted by Gasteiger charge is -2.24. The monoisotopic (exact) mass is 349 g/mol. The summed E-state index contributed by atoms with van der Waals surface area (Å²) < 4.78 is 18.7. The highest BCUT2D eigenvalue weighted by Crippen LogP contribution is 2.46. The van der Waals surface area contributed by atoms with Crippen LogP contribution in [0, 0.1) is 5.82 Å². The van der Waals surface area contributed by atoms with Gasteiger partial charge in [0, 0.05) is 4.90 Å². The summed E-state index contributed by atoms with van der Waals surface area (Å²) in [7, 11) is 0. The second kappa shape index (κ2) is 6.64. The molecule has 0 fully saturated rings. The van der Waals surface area contributed by atoms with E-state index >= 15 is 0 Å². The Morgan fingerprint density at radius 2 is 2.04 bits per heavy atom. The van der Waals surface area contributed by atoms with Gasteiger partial charge in [-0.2, -0.15) is 0 Å². The van der Waals surface area contributed by atoms with Crippen LogP contribution in [-0.4, -0.2) is 12.6 Å². The quantitative estimate of drug-likeness (QED) is 0.797. The van der Waals surface area contributed by atoms with Gasteiger partial charge >= 0.3 is 5.97 Å². The summed E-state index contributed by atoms with van der Waals surface area (Å²) in [5, 5.41) is 3.42. The first-order chi connectivity index (χ1) is 11.1. The zero-order chi connectivity index (χ0) is 16.4. The molecule has 2 aromatic carbocycles. The summed E-state index contributed by atoms with van der Waals surface area (Å²) in [5.74, 6) is -0.899. The molecule has 118 valence electrons. The molecule has 0 bridgehead atoms. The van der Waals surface area contributed by atoms with Crippen molar-refractivity contribution in [2.45, 2.75) is 11.8 Å². The molecule has 0 atom stereocenters. The van der Waals surface area contributed by atoms with E-state index in [0.29, 0.717) is 21.2 Å². The molecule has 0 saturated carbocycles. The van der Waals surface area contributed by atoms with Crippen LogP contribution in [0.5, 0.6) is 0 Å². The van der Waals surface area contributed by atoms with E-state index in [4.69, 9.17) is 16.3 Å². The topological polar surface area (TPSA) is 38.3 Å². The van der Waals surface area contributed by atoms with Crippen molar-refractivity contribution in [3.05, 3.63) is 63.8 Å². The van der Waals surface area contributed by atoms with E-state index in [0.717, 1.165) is 17.3 Å². The van der Waals surface area contributed by atoms with Crippen LogP contribution >= 0.6 is 23.4 Å². The fourth-order valence-electron chi connectivity index (χ4n) is 2.24. The van der Waals surface area contributed by atoms with Crippen LogP contribution in [0.25, 0.3) is 5.70 Å². The van der Waals surface area contributed by atoms with Crippen molar-refractivity contribution < 1.29 is 13.9 Å². The van der Waals surface area contributed by atoms with Gasteiger partial charge in [0.15, 0.2) is 0 Å². The Labute approximate surface area is 142 Å². The molecule has 0 radical (unpaired) electrons. The molecule has 0 spiro atoms. The van der Waals surface area contributed by atoms with E-state index in [2.05, 4.69) is 5.32 Å². The van der Waals surface area contributed by atoms with Crippen LogP contribution in [0.15, 0.2) is 52.3 Å². The molecule has 1 heterocycles. The van der Waals surface area contributed by atoms with Crippen molar-refractivity contribution >= 4 is 40.7 Å². The highest BCUT2D eigenvalue weighted by molar-refractivity contribution is 8.04. The zero-order valence-electron chi connectivity index (χ0n) is 12.2. The van der Waals surface area contributed by atoms with Crippen molar-refractivity contribution in [1.82, 2.24) is 0 Å². The van der Waals surface area contributed by atoms with Gasteiger partial charge < -0.3 is 10.1 Å². The van der Waals surface area contributed by atoms with E-state index in [9.17, 15) is 9.18 Å². The fourth-order valence-corrected chi connectivity index (χ4v) is 3.62. The maximum atomic E-state index is 13.6. The molecule has 6 heteroatoms. The summed E-state index contributed by atoms with van der Waals surface area (Å²) in [6.07, 6.45) is 0. The number of hydrogen-bond donors (Lipinski definition) is 1. The minimum Gasteiger partial charge on any atom is -0.462 e. The number of nitrogens with one attached hydrogen (secondary N) is 1. The molecule has 0 saturated heterocycles. The average molecular weight is 350 g/mol. The Balaban J connectivity index is 2.12. The number of hydrogen-bond acceptors (Lipinski definition) is 4.